The van der Waals surface area contributed by atoms with E-state index in [4.69, 9.17) is 16.3 Å². The zero-order chi connectivity index (χ0) is 15.9. The molecule has 2 saturated heterocycles. The number of nitrogens with one attached hydrogen (secondary N) is 1. The predicted molar refractivity (Wildman–Crippen MR) is 89.4 cm³/mol. The number of piperidine rings is 1. The van der Waals surface area contributed by atoms with Gasteiger partial charge in [0.15, 0.2) is 0 Å². The van der Waals surface area contributed by atoms with Gasteiger partial charge in [-0.3, -0.25) is 4.79 Å². The molecule has 0 aromatic heterocycles. The van der Waals surface area contributed by atoms with Crippen molar-refractivity contribution >= 4 is 17.5 Å². The highest BCUT2D eigenvalue weighted by Crippen LogP contribution is 2.59. The third-order valence-corrected chi connectivity index (χ3v) is 5.96. The van der Waals surface area contributed by atoms with E-state index in [0.717, 1.165) is 42.9 Å². The summed E-state index contributed by atoms with van der Waals surface area (Å²) in [4.78, 5) is 14.9. The largest absolute Gasteiger partial charge is 0.370 e. The molecule has 3 fully saturated rings. The van der Waals surface area contributed by atoms with Crippen LogP contribution in [-0.4, -0.2) is 43.6 Å². The summed E-state index contributed by atoms with van der Waals surface area (Å²) in [6.45, 7) is 4.10. The fourth-order valence-electron chi connectivity index (χ4n) is 4.12. The summed E-state index contributed by atoms with van der Waals surface area (Å²) in [5.74, 6) is 0.586. The third-order valence-electron chi connectivity index (χ3n) is 5.71. The molecule has 0 bridgehead atoms. The van der Waals surface area contributed by atoms with Crippen molar-refractivity contribution < 1.29 is 9.53 Å². The predicted octanol–water partition coefficient (Wildman–Crippen LogP) is 2.63. The minimum Gasteiger partial charge on any atom is -0.370 e. The lowest BCUT2D eigenvalue weighted by molar-refractivity contribution is -0.141. The summed E-state index contributed by atoms with van der Waals surface area (Å²) in [5, 5.41) is 4.12. The Hall–Kier alpha value is -1.10. The monoisotopic (exact) mass is 334 g/mol. The molecule has 4 rings (SSSR count). The van der Waals surface area contributed by atoms with Crippen LogP contribution in [0.25, 0.3) is 0 Å². The molecule has 23 heavy (non-hydrogen) atoms. The van der Waals surface area contributed by atoms with Gasteiger partial charge in [0.25, 0.3) is 0 Å². The normalized spacial score (nSPS) is 29.5. The van der Waals surface area contributed by atoms with Crippen molar-refractivity contribution in [1.29, 1.82) is 0 Å². The average molecular weight is 335 g/mol. The van der Waals surface area contributed by atoms with Crippen LogP contribution in [0.1, 0.15) is 30.9 Å². The Balaban J connectivity index is 1.41. The highest BCUT2D eigenvalue weighted by molar-refractivity contribution is 6.30. The van der Waals surface area contributed by atoms with Gasteiger partial charge in [0.2, 0.25) is 5.91 Å². The van der Waals surface area contributed by atoms with Gasteiger partial charge >= 0.3 is 0 Å². The maximum atomic E-state index is 12.9. The maximum Gasteiger partial charge on any atom is 0.226 e. The number of nitrogens with zero attached hydrogens (tertiary/aromatic N) is 1. The van der Waals surface area contributed by atoms with E-state index in [-0.39, 0.29) is 12.0 Å². The van der Waals surface area contributed by atoms with Crippen LogP contribution in [0.3, 0.4) is 0 Å². The number of morpholine rings is 1. The van der Waals surface area contributed by atoms with E-state index in [1.807, 2.05) is 29.2 Å². The van der Waals surface area contributed by atoms with Crippen LogP contribution < -0.4 is 5.32 Å². The molecule has 2 aliphatic heterocycles. The van der Waals surface area contributed by atoms with Gasteiger partial charge in [-0.2, -0.15) is 0 Å². The molecule has 1 spiro atoms. The minimum absolute atomic E-state index is 0.0345. The molecule has 2 heterocycles. The van der Waals surface area contributed by atoms with Gasteiger partial charge in [-0.05, 0) is 55.5 Å². The third kappa shape index (κ3) is 3.00. The van der Waals surface area contributed by atoms with Crippen LogP contribution in [0.2, 0.25) is 5.02 Å². The standard InChI is InChI=1S/C18H23ClN2O2/c19-14-3-1-13(2-4-14)16-12-21(9-10-23-16)17(22)15-11-18(15)5-7-20-8-6-18/h1-4,15-16,20H,5-12H2. The van der Waals surface area contributed by atoms with Crippen molar-refractivity contribution in [3.8, 4) is 0 Å². The Bertz CT molecular complexity index is 583. The molecule has 4 nitrogen and oxygen atoms in total. The molecule has 2 unspecified atom stereocenters. The fraction of sp³-hybridized carbons (Fsp3) is 0.611. The van der Waals surface area contributed by atoms with Gasteiger partial charge in [0, 0.05) is 17.5 Å². The number of rotatable bonds is 2. The lowest BCUT2D eigenvalue weighted by Gasteiger charge is -2.34. The van der Waals surface area contributed by atoms with Crippen molar-refractivity contribution in [3.63, 3.8) is 0 Å². The molecule has 5 heteroatoms. The first kappa shape index (κ1) is 15.4. The van der Waals surface area contributed by atoms with Crippen molar-refractivity contribution in [2.75, 3.05) is 32.8 Å². The molecule has 0 radical (unpaired) electrons. The lowest BCUT2D eigenvalue weighted by Crippen LogP contribution is -2.44. The first-order chi connectivity index (χ1) is 11.2. The number of hydrogen-bond donors (Lipinski definition) is 1. The van der Waals surface area contributed by atoms with Gasteiger partial charge in [0.05, 0.1) is 13.2 Å². The van der Waals surface area contributed by atoms with Crippen LogP contribution in [0.15, 0.2) is 24.3 Å². The van der Waals surface area contributed by atoms with Gasteiger partial charge in [-0.15, -0.1) is 0 Å². The highest BCUT2D eigenvalue weighted by Gasteiger charge is 2.58. The van der Waals surface area contributed by atoms with Gasteiger partial charge < -0.3 is 15.0 Å². The van der Waals surface area contributed by atoms with Crippen LogP contribution >= 0.6 is 11.6 Å². The Kier molecular flexibility index (Phi) is 4.08. The van der Waals surface area contributed by atoms with E-state index < -0.39 is 0 Å². The van der Waals surface area contributed by atoms with Crippen LogP contribution in [-0.2, 0) is 9.53 Å². The second-order valence-corrected chi connectivity index (χ2v) is 7.50. The molecule has 1 aromatic rings. The van der Waals surface area contributed by atoms with E-state index >= 15 is 0 Å². The van der Waals surface area contributed by atoms with Crippen LogP contribution in [0.5, 0.6) is 0 Å². The number of carbonyl (C=O) groups is 1. The number of halogens is 1. The minimum atomic E-state index is -0.0345. The second-order valence-electron chi connectivity index (χ2n) is 7.06. The zero-order valence-corrected chi connectivity index (χ0v) is 14.0. The lowest BCUT2D eigenvalue weighted by atomic mass is 9.91. The molecule has 1 amide bonds. The first-order valence-electron chi connectivity index (χ1n) is 8.55. The first-order valence-corrected chi connectivity index (χ1v) is 8.92. The number of carbonyl (C=O) groups excluding carboxylic acids is 1. The van der Waals surface area contributed by atoms with E-state index in [0.29, 0.717) is 31.0 Å². The van der Waals surface area contributed by atoms with Crippen molar-refractivity contribution in [2.45, 2.75) is 25.4 Å². The van der Waals surface area contributed by atoms with Crippen LogP contribution in [0.4, 0.5) is 0 Å². The number of hydrogen-bond acceptors (Lipinski definition) is 3. The second kappa shape index (κ2) is 6.08. The van der Waals surface area contributed by atoms with Crippen molar-refractivity contribution in [1.82, 2.24) is 10.2 Å². The average Bonchev–Trinajstić information content (AvgIpc) is 3.28. The molecule has 2 atom stereocenters. The summed E-state index contributed by atoms with van der Waals surface area (Å²) in [6.07, 6.45) is 3.34. The Morgan fingerprint density at radius 2 is 2.00 bits per heavy atom. The summed E-state index contributed by atoms with van der Waals surface area (Å²) in [7, 11) is 0. The van der Waals surface area contributed by atoms with E-state index in [9.17, 15) is 4.79 Å². The quantitative estimate of drug-likeness (QED) is 0.904. The molecule has 3 aliphatic rings. The highest BCUT2D eigenvalue weighted by atomic mass is 35.5. The molecular formula is C18H23ClN2O2. The van der Waals surface area contributed by atoms with E-state index in [1.165, 1.54) is 0 Å². The fourth-order valence-corrected chi connectivity index (χ4v) is 4.25. The number of amides is 1. The van der Waals surface area contributed by atoms with E-state index in [1.54, 1.807) is 0 Å². The molecule has 1 aromatic carbocycles. The van der Waals surface area contributed by atoms with Gasteiger partial charge in [0.1, 0.15) is 6.10 Å². The Morgan fingerprint density at radius 3 is 2.74 bits per heavy atom. The molecule has 1 aliphatic carbocycles. The van der Waals surface area contributed by atoms with E-state index in [2.05, 4.69) is 5.32 Å². The smallest absolute Gasteiger partial charge is 0.226 e. The van der Waals surface area contributed by atoms with Gasteiger partial charge in [-0.1, -0.05) is 23.7 Å². The summed E-state index contributed by atoms with van der Waals surface area (Å²) >= 11 is 5.95. The molecule has 124 valence electrons. The Morgan fingerprint density at radius 1 is 1.26 bits per heavy atom. The SMILES string of the molecule is O=C(C1CC12CCNCC2)N1CCOC(c2ccc(Cl)cc2)C1. The summed E-state index contributed by atoms with van der Waals surface area (Å²) < 4.78 is 5.87. The van der Waals surface area contributed by atoms with Crippen LogP contribution in [0, 0.1) is 11.3 Å². The maximum absolute atomic E-state index is 12.9. The number of benzene rings is 1. The number of ether oxygens (including phenoxy) is 1. The summed E-state index contributed by atoms with van der Waals surface area (Å²) in [5.41, 5.74) is 1.40. The summed E-state index contributed by atoms with van der Waals surface area (Å²) in [6, 6.07) is 7.75. The molecular weight excluding hydrogens is 312 g/mol. The zero-order valence-electron chi connectivity index (χ0n) is 13.3. The topological polar surface area (TPSA) is 41.6 Å². The Labute approximate surface area is 142 Å². The van der Waals surface area contributed by atoms with Crippen molar-refractivity contribution in [2.24, 2.45) is 11.3 Å². The molecule has 1 N–H and O–H groups in total. The van der Waals surface area contributed by atoms with Crippen molar-refractivity contribution in [3.05, 3.63) is 34.9 Å². The van der Waals surface area contributed by atoms with Gasteiger partial charge in [-0.25, -0.2) is 0 Å². The molecule has 1 saturated carbocycles.